The molecule has 0 aromatic heterocycles. The SMILES string of the molecule is O=C(O)CCC[C@@H]1CCCC[C@@H]1NS. The van der Waals surface area contributed by atoms with Gasteiger partial charge in [-0.05, 0) is 31.6 Å². The fraction of sp³-hybridized carbons (Fsp3) is 0.900. The van der Waals surface area contributed by atoms with Gasteiger partial charge in [-0.1, -0.05) is 25.7 Å². The predicted molar refractivity (Wildman–Crippen MR) is 59.4 cm³/mol. The minimum Gasteiger partial charge on any atom is -0.481 e. The first-order chi connectivity index (χ1) is 6.74. The number of aliphatic carboxylic acids is 1. The lowest BCUT2D eigenvalue weighted by atomic mass is 9.82. The normalized spacial score (nSPS) is 27.5. The van der Waals surface area contributed by atoms with Crippen molar-refractivity contribution in [2.24, 2.45) is 5.92 Å². The molecule has 0 aromatic carbocycles. The Morgan fingerprint density at radius 1 is 1.43 bits per heavy atom. The maximum absolute atomic E-state index is 10.4. The number of thiol groups is 1. The van der Waals surface area contributed by atoms with Crippen molar-refractivity contribution in [3.05, 3.63) is 0 Å². The van der Waals surface area contributed by atoms with E-state index in [4.69, 9.17) is 5.11 Å². The zero-order valence-corrected chi connectivity index (χ0v) is 9.30. The van der Waals surface area contributed by atoms with E-state index in [1.54, 1.807) is 0 Å². The van der Waals surface area contributed by atoms with E-state index in [1.807, 2.05) is 0 Å². The predicted octanol–water partition coefficient (Wildman–Crippen LogP) is 2.23. The fourth-order valence-corrected chi connectivity index (χ4v) is 2.58. The van der Waals surface area contributed by atoms with Gasteiger partial charge in [0.25, 0.3) is 0 Å². The number of hydrogen-bond acceptors (Lipinski definition) is 3. The molecule has 82 valence electrons. The molecule has 2 N–H and O–H groups in total. The topological polar surface area (TPSA) is 49.3 Å². The maximum atomic E-state index is 10.4. The number of carboxylic acid groups (broad SMARTS) is 1. The fourth-order valence-electron chi connectivity index (χ4n) is 2.24. The van der Waals surface area contributed by atoms with Gasteiger partial charge in [-0.15, -0.1) is 0 Å². The molecule has 2 atom stereocenters. The van der Waals surface area contributed by atoms with Crippen molar-refractivity contribution in [2.45, 2.75) is 51.0 Å². The first-order valence-corrected chi connectivity index (χ1v) is 5.80. The van der Waals surface area contributed by atoms with Crippen LogP contribution in [0.4, 0.5) is 0 Å². The van der Waals surface area contributed by atoms with Crippen LogP contribution in [0.2, 0.25) is 0 Å². The highest BCUT2D eigenvalue weighted by Crippen LogP contribution is 2.28. The third kappa shape index (κ3) is 3.88. The Morgan fingerprint density at radius 3 is 2.79 bits per heavy atom. The van der Waals surface area contributed by atoms with Crippen LogP contribution in [0.1, 0.15) is 44.9 Å². The average Bonchev–Trinajstić information content (AvgIpc) is 2.18. The largest absolute Gasteiger partial charge is 0.481 e. The summed E-state index contributed by atoms with van der Waals surface area (Å²) in [6.07, 6.45) is 7.07. The smallest absolute Gasteiger partial charge is 0.303 e. The minimum absolute atomic E-state index is 0.301. The van der Waals surface area contributed by atoms with Crippen LogP contribution in [0, 0.1) is 5.92 Å². The third-order valence-corrected chi connectivity index (χ3v) is 3.37. The Balaban J connectivity index is 2.22. The Labute approximate surface area is 90.8 Å². The van der Waals surface area contributed by atoms with Crippen molar-refractivity contribution in [3.8, 4) is 0 Å². The second kappa shape index (κ2) is 6.30. The molecule has 14 heavy (non-hydrogen) atoms. The third-order valence-electron chi connectivity index (χ3n) is 3.04. The molecule has 0 aromatic rings. The molecule has 1 saturated carbocycles. The summed E-state index contributed by atoms with van der Waals surface area (Å²) in [4.78, 5) is 10.4. The summed E-state index contributed by atoms with van der Waals surface area (Å²) in [5.41, 5.74) is 0. The number of rotatable bonds is 5. The number of hydrogen-bond donors (Lipinski definition) is 3. The Morgan fingerprint density at radius 2 is 2.14 bits per heavy atom. The summed E-state index contributed by atoms with van der Waals surface area (Å²) in [6, 6.07) is 0.487. The molecule has 1 aliphatic rings. The first-order valence-electron chi connectivity index (χ1n) is 5.35. The van der Waals surface area contributed by atoms with E-state index in [0.29, 0.717) is 18.4 Å². The number of nitrogens with one attached hydrogen (secondary N) is 1. The molecule has 3 nitrogen and oxygen atoms in total. The summed E-state index contributed by atoms with van der Waals surface area (Å²) in [5.74, 6) is -0.0585. The lowest BCUT2D eigenvalue weighted by molar-refractivity contribution is -0.137. The quantitative estimate of drug-likeness (QED) is 0.619. The lowest BCUT2D eigenvalue weighted by Crippen LogP contribution is -2.33. The van der Waals surface area contributed by atoms with Crippen molar-refractivity contribution in [3.63, 3.8) is 0 Å². The van der Waals surface area contributed by atoms with Crippen molar-refractivity contribution in [1.82, 2.24) is 4.72 Å². The monoisotopic (exact) mass is 217 g/mol. The summed E-state index contributed by atoms with van der Waals surface area (Å²) >= 11 is 4.12. The molecule has 0 amide bonds. The van der Waals surface area contributed by atoms with Gasteiger partial charge >= 0.3 is 5.97 Å². The van der Waals surface area contributed by atoms with E-state index in [1.165, 1.54) is 25.7 Å². The summed E-state index contributed by atoms with van der Waals surface area (Å²) in [6.45, 7) is 0. The van der Waals surface area contributed by atoms with Crippen molar-refractivity contribution >= 4 is 18.8 Å². The first kappa shape index (κ1) is 11.9. The van der Waals surface area contributed by atoms with Crippen LogP contribution in [0.5, 0.6) is 0 Å². The van der Waals surface area contributed by atoms with E-state index in [0.717, 1.165) is 12.8 Å². The Bertz CT molecular complexity index is 187. The lowest BCUT2D eigenvalue weighted by Gasteiger charge is -2.30. The summed E-state index contributed by atoms with van der Waals surface area (Å²) < 4.78 is 3.04. The van der Waals surface area contributed by atoms with Crippen molar-refractivity contribution in [1.29, 1.82) is 0 Å². The van der Waals surface area contributed by atoms with Crippen LogP contribution in [-0.2, 0) is 4.79 Å². The molecule has 1 rings (SSSR count). The van der Waals surface area contributed by atoms with Gasteiger partial charge in [0.2, 0.25) is 0 Å². The van der Waals surface area contributed by atoms with E-state index in [2.05, 4.69) is 17.5 Å². The molecule has 0 radical (unpaired) electrons. The van der Waals surface area contributed by atoms with Crippen molar-refractivity contribution < 1.29 is 9.90 Å². The molecular weight excluding hydrogens is 198 g/mol. The van der Waals surface area contributed by atoms with Gasteiger partial charge in [0, 0.05) is 12.5 Å². The maximum Gasteiger partial charge on any atom is 0.303 e. The molecule has 0 spiro atoms. The van der Waals surface area contributed by atoms with Gasteiger partial charge in [0.05, 0.1) is 0 Å². The van der Waals surface area contributed by atoms with Crippen LogP contribution < -0.4 is 4.72 Å². The van der Waals surface area contributed by atoms with Crippen LogP contribution >= 0.6 is 12.8 Å². The molecule has 4 heteroatoms. The molecule has 0 heterocycles. The number of carbonyl (C=O) groups is 1. The molecule has 1 aliphatic carbocycles. The summed E-state index contributed by atoms with van der Waals surface area (Å²) in [7, 11) is 0. The highest BCUT2D eigenvalue weighted by molar-refractivity contribution is 7.78. The van der Waals surface area contributed by atoms with Gasteiger partial charge in [-0.3, -0.25) is 9.52 Å². The Hall–Kier alpha value is -0.220. The number of carboxylic acids is 1. The molecular formula is C10H19NO2S. The van der Waals surface area contributed by atoms with Crippen LogP contribution in [0.3, 0.4) is 0 Å². The zero-order chi connectivity index (χ0) is 10.4. The molecule has 0 saturated heterocycles. The highest BCUT2D eigenvalue weighted by atomic mass is 32.1. The van der Waals surface area contributed by atoms with Gasteiger partial charge in [0.15, 0.2) is 0 Å². The second-order valence-electron chi connectivity index (χ2n) is 4.07. The molecule has 0 aliphatic heterocycles. The second-order valence-corrected chi connectivity index (χ2v) is 4.32. The van der Waals surface area contributed by atoms with Gasteiger partial charge in [0.1, 0.15) is 0 Å². The Kier molecular flexibility index (Phi) is 5.33. The van der Waals surface area contributed by atoms with E-state index < -0.39 is 5.97 Å². The van der Waals surface area contributed by atoms with Crippen LogP contribution in [0.15, 0.2) is 0 Å². The minimum atomic E-state index is -0.684. The zero-order valence-electron chi connectivity index (χ0n) is 8.41. The van der Waals surface area contributed by atoms with Crippen molar-refractivity contribution in [2.75, 3.05) is 0 Å². The van der Waals surface area contributed by atoms with Gasteiger partial charge in [-0.2, -0.15) is 0 Å². The van der Waals surface area contributed by atoms with E-state index in [9.17, 15) is 4.79 Å². The average molecular weight is 217 g/mol. The molecule has 0 unspecified atom stereocenters. The van der Waals surface area contributed by atoms with E-state index in [-0.39, 0.29) is 0 Å². The molecule has 0 bridgehead atoms. The standard InChI is InChI=1S/C10H19NO2S/c12-10(13)7-3-5-8-4-1-2-6-9(8)11-14/h8-9,11,14H,1-7H2,(H,12,13)/t8-,9-/m0/s1. The van der Waals surface area contributed by atoms with Gasteiger partial charge < -0.3 is 5.11 Å². The van der Waals surface area contributed by atoms with Crippen LogP contribution in [-0.4, -0.2) is 17.1 Å². The molecule has 1 fully saturated rings. The van der Waals surface area contributed by atoms with E-state index >= 15 is 0 Å². The summed E-state index contributed by atoms with van der Waals surface area (Å²) in [5, 5.41) is 8.54. The van der Waals surface area contributed by atoms with Gasteiger partial charge in [-0.25, -0.2) is 0 Å². The highest BCUT2D eigenvalue weighted by Gasteiger charge is 2.23. The van der Waals surface area contributed by atoms with Crippen LogP contribution in [0.25, 0.3) is 0 Å².